The number of hydrogen-bond donors (Lipinski definition) is 0. The first kappa shape index (κ1) is 18.0. The van der Waals surface area contributed by atoms with Crippen LogP contribution in [0.2, 0.25) is 0 Å². The zero-order valence-corrected chi connectivity index (χ0v) is 15.7. The molecule has 0 bridgehead atoms. The molecule has 0 aliphatic rings. The van der Waals surface area contributed by atoms with Crippen LogP contribution >= 0.6 is 11.8 Å². The van der Waals surface area contributed by atoms with Gasteiger partial charge < -0.3 is 4.74 Å². The van der Waals surface area contributed by atoms with Crippen LogP contribution in [-0.2, 0) is 0 Å². The highest BCUT2D eigenvalue weighted by molar-refractivity contribution is 8.14. The molecule has 0 spiro atoms. The van der Waals surface area contributed by atoms with Gasteiger partial charge in [-0.1, -0.05) is 60.3 Å². The van der Waals surface area contributed by atoms with Crippen LogP contribution in [-0.4, -0.2) is 5.04 Å². The van der Waals surface area contributed by atoms with Crippen LogP contribution < -0.4 is 4.74 Å². The van der Waals surface area contributed by atoms with E-state index in [4.69, 9.17) is 9.73 Å². The summed E-state index contributed by atoms with van der Waals surface area (Å²) in [6.45, 7) is 4.07. The molecule has 0 amide bonds. The molecule has 0 radical (unpaired) electrons. The summed E-state index contributed by atoms with van der Waals surface area (Å²) in [5, 5.41) is 0.912. The van der Waals surface area contributed by atoms with Crippen LogP contribution in [0.1, 0.15) is 12.5 Å². The molecule has 0 saturated heterocycles. The number of aliphatic imine (C=N–C) groups is 1. The Morgan fingerprint density at radius 1 is 0.885 bits per heavy atom. The summed E-state index contributed by atoms with van der Waals surface area (Å²) in [5.41, 5.74) is 3.07. The molecule has 130 valence electrons. The van der Waals surface area contributed by atoms with Gasteiger partial charge in [0, 0.05) is 10.5 Å². The van der Waals surface area contributed by atoms with Crippen molar-refractivity contribution in [3.63, 3.8) is 0 Å². The van der Waals surface area contributed by atoms with E-state index in [1.807, 2.05) is 73.7 Å². The molecule has 0 saturated carbocycles. The molecule has 0 aliphatic carbocycles. The molecule has 2 nitrogen and oxygen atoms in total. The number of ether oxygens (including phenoxy) is 1. The van der Waals surface area contributed by atoms with E-state index in [9.17, 15) is 0 Å². The van der Waals surface area contributed by atoms with Crippen LogP contribution in [0.3, 0.4) is 0 Å². The Bertz CT molecular complexity index is 902. The van der Waals surface area contributed by atoms with E-state index >= 15 is 0 Å². The number of hydrogen-bond acceptors (Lipinski definition) is 3. The normalized spacial score (nSPS) is 12.1. The lowest BCUT2D eigenvalue weighted by Gasteiger charge is -2.08. The van der Waals surface area contributed by atoms with Crippen LogP contribution in [0, 0.1) is 6.92 Å². The van der Waals surface area contributed by atoms with Gasteiger partial charge in [-0.15, -0.1) is 0 Å². The topological polar surface area (TPSA) is 21.6 Å². The van der Waals surface area contributed by atoms with Gasteiger partial charge in [0.15, 0.2) is 0 Å². The van der Waals surface area contributed by atoms with Crippen LogP contribution in [0.25, 0.3) is 0 Å². The van der Waals surface area contributed by atoms with Gasteiger partial charge in [0.2, 0.25) is 0 Å². The molecule has 0 fully saturated rings. The van der Waals surface area contributed by atoms with Gasteiger partial charge in [0.25, 0.3) is 0 Å². The second-order valence-electron chi connectivity index (χ2n) is 5.90. The molecular formula is C23H21NOS. The van der Waals surface area contributed by atoms with Crippen LogP contribution in [0.5, 0.6) is 5.75 Å². The number of nitrogens with zero attached hydrogens (tertiary/aromatic N) is 1. The highest BCUT2D eigenvalue weighted by atomic mass is 32.2. The van der Waals surface area contributed by atoms with Crippen molar-refractivity contribution < 1.29 is 4.74 Å². The molecular weight excluding hydrogens is 338 g/mol. The van der Waals surface area contributed by atoms with Crippen LogP contribution in [0.15, 0.2) is 107 Å². The first-order valence-corrected chi connectivity index (χ1v) is 9.29. The molecule has 0 unspecified atom stereocenters. The second-order valence-corrected chi connectivity index (χ2v) is 6.97. The Balaban J connectivity index is 1.86. The lowest BCUT2D eigenvalue weighted by Crippen LogP contribution is -1.97. The maximum absolute atomic E-state index is 5.85. The molecule has 3 rings (SSSR count). The number of para-hydroxylation sites is 1. The quantitative estimate of drug-likeness (QED) is 0.216. The molecule has 3 heteroatoms. The van der Waals surface area contributed by atoms with Gasteiger partial charge in [-0.25, -0.2) is 4.99 Å². The smallest absolute Gasteiger partial charge is 0.126 e. The SMILES string of the molecule is CC(=COc1cccc(C)c1)C(=Nc1ccccc1)Sc1ccccc1. The van der Waals surface area contributed by atoms with Gasteiger partial charge in [-0.2, -0.15) is 0 Å². The standard InChI is InChI=1S/C23H21NOS/c1-18-10-9-13-21(16-18)25-17-19(2)23(24-20-11-5-3-6-12-20)26-22-14-7-4-8-15-22/h3-17H,1-2H3. The maximum Gasteiger partial charge on any atom is 0.126 e. The largest absolute Gasteiger partial charge is 0.465 e. The van der Waals surface area contributed by atoms with E-state index < -0.39 is 0 Å². The van der Waals surface area contributed by atoms with E-state index in [1.54, 1.807) is 18.0 Å². The van der Waals surface area contributed by atoms with E-state index in [2.05, 4.69) is 25.1 Å². The number of aryl methyl sites for hydroxylation is 1. The zero-order chi connectivity index (χ0) is 18.2. The average molecular weight is 359 g/mol. The number of benzene rings is 3. The molecule has 3 aromatic rings. The highest BCUT2D eigenvalue weighted by Crippen LogP contribution is 2.26. The minimum Gasteiger partial charge on any atom is -0.465 e. The van der Waals surface area contributed by atoms with Gasteiger partial charge in [-0.3, -0.25) is 0 Å². The Labute approximate surface area is 159 Å². The summed E-state index contributed by atoms with van der Waals surface area (Å²) in [5.74, 6) is 0.827. The van der Waals surface area contributed by atoms with Gasteiger partial charge >= 0.3 is 0 Å². The van der Waals surface area contributed by atoms with E-state index in [0.717, 1.165) is 26.9 Å². The fourth-order valence-corrected chi connectivity index (χ4v) is 3.18. The summed E-state index contributed by atoms with van der Waals surface area (Å²) >= 11 is 1.63. The molecule has 0 aromatic heterocycles. The second kappa shape index (κ2) is 9.07. The van der Waals surface area contributed by atoms with E-state index in [-0.39, 0.29) is 0 Å². The zero-order valence-electron chi connectivity index (χ0n) is 14.9. The number of thioether (sulfide) groups is 1. The van der Waals surface area contributed by atoms with Crippen molar-refractivity contribution in [2.75, 3.05) is 0 Å². The predicted molar refractivity (Wildman–Crippen MR) is 111 cm³/mol. The molecule has 26 heavy (non-hydrogen) atoms. The summed E-state index contributed by atoms with van der Waals surface area (Å²) in [7, 11) is 0. The Kier molecular flexibility index (Phi) is 6.29. The molecule has 3 aromatic carbocycles. The average Bonchev–Trinajstić information content (AvgIpc) is 2.67. The first-order valence-electron chi connectivity index (χ1n) is 8.48. The first-order chi connectivity index (χ1) is 12.7. The Morgan fingerprint density at radius 3 is 2.27 bits per heavy atom. The number of rotatable bonds is 5. The third-order valence-electron chi connectivity index (χ3n) is 3.64. The fraction of sp³-hybridized carbons (Fsp3) is 0.0870. The lowest BCUT2D eigenvalue weighted by molar-refractivity contribution is 0.478. The molecule has 0 aliphatic heterocycles. The van der Waals surface area contributed by atoms with Crippen molar-refractivity contribution in [2.24, 2.45) is 4.99 Å². The summed E-state index contributed by atoms with van der Waals surface area (Å²) in [6, 6.07) is 28.2. The highest BCUT2D eigenvalue weighted by Gasteiger charge is 2.07. The predicted octanol–water partition coefficient (Wildman–Crippen LogP) is 6.80. The molecule has 0 atom stereocenters. The molecule has 0 N–H and O–H groups in total. The molecule has 0 heterocycles. The third kappa shape index (κ3) is 5.36. The summed E-state index contributed by atoms with van der Waals surface area (Å²) in [4.78, 5) is 5.96. The van der Waals surface area contributed by atoms with E-state index in [1.165, 1.54) is 5.56 Å². The Hall–Kier alpha value is -2.78. The van der Waals surface area contributed by atoms with Crippen molar-refractivity contribution in [3.8, 4) is 5.75 Å². The minimum absolute atomic E-state index is 0.827. The van der Waals surface area contributed by atoms with Crippen molar-refractivity contribution in [3.05, 3.63) is 102 Å². The monoisotopic (exact) mass is 359 g/mol. The Morgan fingerprint density at radius 2 is 1.58 bits per heavy atom. The van der Waals surface area contributed by atoms with Crippen molar-refractivity contribution >= 4 is 22.5 Å². The fourth-order valence-electron chi connectivity index (χ4n) is 2.31. The van der Waals surface area contributed by atoms with Crippen molar-refractivity contribution in [1.29, 1.82) is 0 Å². The lowest BCUT2D eigenvalue weighted by atomic mass is 10.2. The van der Waals surface area contributed by atoms with Gasteiger partial charge in [-0.05, 0) is 55.8 Å². The summed E-state index contributed by atoms with van der Waals surface area (Å²) in [6.07, 6.45) is 1.77. The van der Waals surface area contributed by atoms with Crippen molar-refractivity contribution in [1.82, 2.24) is 0 Å². The van der Waals surface area contributed by atoms with Gasteiger partial charge in [0.05, 0.1) is 11.9 Å². The maximum atomic E-state index is 5.85. The minimum atomic E-state index is 0.827. The van der Waals surface area contributed by atoms with Gasteiger partial charge in [0.1, 0.15) is 10.8 Å². The summed E-state index contributed by atoms with van der Waals surface area (Å²) < 4.78 is 5.85. The third-order valence-corrected chi connectivity index (χ3v) is 4.76. The van der Waals surface area contributed by atoms with Crippen LogP contribution in [0.4, 0.5) is 5.69 Å². The van der Waals surface area contributed by atoms with Crippen molar-refractivity contribution in [2.45, 2.75) is 18.7 Å². The van der Waals surface area contributed by atoms with E-state index in [0.29, 0.717) is 0 Å².